The van der Waals surface area contributed by atoms with E-state index < -0.39 is 18.4 Å². The fourth-order valence-electron chi connectivity index (χ4n) is 1.18. The van der Waals surface area contributed by atoms with Crippen LogP contribution < -0.4 is 11.3 Å². The van der Waals surface area contributed by atoms with Crippen LogP contribution in [0.25, 0.3) is 0 Å². The van der Waals surface area contributed by atoms with Gasteiger partial charge in [0.1, 0.15) is 6.61 Å². The number of carbonyl (C=O) groups excluding carboxylic acids is 1. The molecule has 1 rings (SSSR count). The van der Waals surface area contributed by atoms with Crippen LogP contribution in [0.3, 0.4) is 0 Å². The predicted octanol–water partition coefficient (Wildman–Crippen LogP) is 0.428. The van der Waals surface area contributed by atoms with Crippen molar-refractivity contribution in [3.8, 4) is 0 Å². The lowest BCUT2D eigenvalue weighted by Crippen LogP contribution is -2.46. The van der Waals surface area contributed by atoms with Crippen LogP contribution >= 0.6 is 0 Å². The second-order valence-corrected chi connectivity index (χ2v) is 3.49. The summed E-state index contributed by atoms with van der Waals surface area (Å²) in [5.41, 5.74) is 1.40. The molecule has 0 unspecified atom stereocenters. The summed E-state index contributed by atoms with van der Waals surface area (Å²) in [6.45, 7) is -0.597. The van der Waals surface area contributed by atoms with Gasteiger partial charge in [0.25, 0.3) is 0 Å². The monoisotopic (exact) mass is 208 g/mol. The normalized spacial score (nSPS) is 17.6. The Kier molecular flexibility index (Phi) is 3.77. The Hall–Kier alpha value is -0.750. The first-order chi connectivity index (χ1) is 6.56. The second kappa shape index (κ2) is 4.65. The standard InChI is InChI=1S/C8H14F2N2O2/c9-8(10,7(13)12-11)5-14-4-6-2-1-3-6/h6H,1-5,11H2,(H,12,13). The number of halogens is 2. The number of nitrogens with one attached hydrogen (secondary N) is 1. The van der Waals surface area contributed by atoms with Crippen molar-refractivity contribution < 1.29 is 18.3 Å². The van der Waals surface area contributed by atoms with Gasteiger partial charge in [-0.25, -0.2) is 5.84 Å². The molecular formula is C8H14F2N2O2. The third-order valence-electron chi connectivity index (χ3n) is 2.32. The summed E-state index contributed by atoms with van der Waals surface area (Å²) in [6.07, 6.45) is 3.18. The SMILES string of the molecule is NNC(=O)C(F)(F)COCC1CCC1. The number of ether oxygens (including phenoxy) is 1. The molecular weight excluding hydrogens is 194 g/mol. The first-order valence-electron chi connectivity index (χ1n) is 4.53. The maximum atomic E-state index is 12.8. The van der Waals surface area contributed by atoms with E-state index in [4.69, 9.17) is 4.74 Å². The molecule has 0 heterocycles. The van der Waals surface area contributed by atoms with Crippen LogP contribution in [-0.4, -0.2) is 25.0 Å². The van der Waals surface area contributed by atoms with Gasteiger partial charge in [0, 0.05) is 6.61 Å². The molecule has 0 aromatic carbocycles. The van der Waals surface area contributed by atoms with Crippen molar-refractivity contribution in [1.29, 1.82) is 0 Å². The van der Waals surface area contributed by atoms with Crippen LogP contribution in [0.15, 0.2) is 0 Å². The summed E-state index contributed by atoms with van der Waals surface area (Å²) >= 11 is 0. The number of amides is 1. The maximum absolute atomic E-state index is 12.8. The Bertz CT molecular complexity index is 208. The summed E-state index contributed by atoms with van der Waals surface area (Å²) in [5.74, 6) is -0.0643. The number of hydrazine groups is 1. The zero-order valence-corrected chi connectivity index (χ0v) is 7.76. The number of hydrogen-bond acceptors (Lipinski definition) is 3. The Labute approximate surface area is 80.8 Å². The van der Waals surface area contributed by atoms with Gasteiger partial charge in [-0.2, -0.15) is 8.78 Å². The Balaban J connectivity index is 2.17. The quantitative estimate of drug-likeness (QED) is 0.391. The van der Waals surface area contributed by atoms with Gasteiger partial charge >= 0.3 is 11.8 Å². The van der Waals surface area contributed by atoms with E-state index in [1.165, 1.54) is 5.43 Å². The van der Waals surface area contributed by atoms with Crippen LogP contribution in [0.2, 0.25) is 0 Å². The van der Waals surface area contributed by atoms with Gasteiger partial charge in [0.05, 0.1) is 0 Å². The largest absolute Gasteiger partial charge is 0.374 e. The number of alkyl halides is 2. The molecule has 1 fully saturated rings. The third kappa shape index (κ3) is 2.88. The zero-order chi connectivity index (χ0) is 10.6. The Morgan fingerprint density at radius 2 is 2.21 bits per heavy atom. The van der Waals surface area contributed by atoms with Crippen LogP contribution in [0.4, 0.5) is 8.78 Å². The summed E-state index contributed by atoms with van der Waals surface area (Å²) in [7, 11) is 0. The van der Waals surface area contributed by atoms with E-state index >= 15 is 0 Å². The van der Waals surface area contributed by atoms with Gasteiger partial charge in [-0.1, -0.05) is 6.42 Å². The predicted molar refractivity (Wildman–Crippen MR) is 45.4 cm³/mol. The highest BCUT2D eigenvalue weighted by Gasteiger charge is 2.38. The first-order valence-corrected chi connectivity index (χ1v) is 4.53. The smallest absolute Gasteiger partial charge is 0.348 e. The maximum Gasteiger partial charge on any atom is 0.348 e. The minimum atomic E-state index is -3.53. The molecule has 1 aliphatic carbocycles. The van der Waals surface area contributed by atoms with E-state index in [1.54, 1.807) is 0 Å². The van der Waals surface area contributed by atoms with Crippen molar-refractivity contribution in [2.24, 2.45) is 11.8 Å². The van der Waals surface area contributed by atoms with Gasteiger partial charge in [-0.3, -0.25) is 10.2 Å². The van der Waals surface area contributed by atoms with Crippen molar-refractivity contribution in [3.63, 3.8) is 0 Å². The van der Waals surface area contributed by atoms with E-state index in [0.29, 0.717) is 12.5 Å². The molecule has 1 aliphatic rings. The van der Waals surface area contributed by atoms with Crippen molar-refractivity contribution in [1.82, 2.24) is 5.43 Å². The lowest BCUT2D eigenvalue weighted by Gasteiger charge is -2.25. The number of rotatable bonds is 5. The highest BCUT2D eigenvalue weighted by molar-refractivity contribution is 5.82. The van der Waals surface area contributed by atoms with Crippen LogP contribution in [0.5, 0.6) is 0 Å². The molecule has 0 aliphatic heterocycles. The molecule has 14 heavy (non-hydrogen) atoms. The van der Waals surface area contributed by atoms with Gasteiger partial charge in [-0.15, -0.1) is 0 Å². The molecule has 0 aromatic rings. The molecule has 1 saturated carbocycles. The lowest BCUT2D eigenvalue weighted by atomic mass is 9.86. The molecule has 3 N–H and O–H groups in total. The Morgan fingerprint density at radius 3 is 2.64 bits per heavy atom. The molecule has 0 atom stereocenters. The summed E-state index contributed by atoms with van der Waals surface area (Å²) in [6, 6.07) is 0. The lowest BCUT2D eigenvalue weighted by molar-refractivity contribution is -0.156. The third-order valence-corrected chi connectivity index (χ3v) is 2.32. The van der Waals surface area contributed by atoms with Crippen molar-refractivity contribution in [2.45, 2.75) is 25.2 Å². The molecule has 0 saturated heterocycles. The van der Waals surface area contributed by atoms with E-state index in [0.717, 1.165) is 19.3 Å². The van der Waals surface area contributed by atoms with E-state index in [2.05, 4.69) is 5.84 Å². The average molecular weight is 208 g/mol. The first kappa shape index (κ1) is 11.3. The summed E-state index contributed by atoms with van der Waals surface area (Å²) in [5, 5.41) is 0. The van der Waals surface area contributed by atoms with E-state index in [1.807, 2.05) is 0 Å². The molecule has 82 valence electrons. The minimum Gasteiger partial charge on any atom is -0.374 e. The second-order valence-electron chi connectivity index (χ2n) is 3.49. The van der Waals surface area contributed by atoms with Crippen LogP contribution in [-0.2, 0) is 9.53 Å². The summed E-state index contributed by atoms with van der Waals surface area (Å²) < 4.78 is 30.3. The van der Waals surface area contributed by atoms with Gasteiger partial charge in [-0.05, 0) is 18.8 Å². The number of nitrogens with two attached hydrogens (primary N) is 1. The topological polar surface area (TPSA) is 64.3 Å². The molecule has 6 heteroatoms. The van der Waals surface area contributed by atoms with Crippen molar-refractivity contribution in [3.05, 3.63) is 0 Å². The highest BCUT2D eigenvalue weighted by atomic mass is 19.3. The highest BCUT2D eigenvalue weighted by Crippen LogP contribution is 2.26. The van der Waals surface area contributed by atoms with Gasteiger partial charge in [0.2, 0.25) is 0 Å². The molecule has 1 amide bonds. The minimum absolute atomic E-state index is 0.299. The van der Waals surface area contributed by atoms with Crippen molar-refractivity contribution >= 4 is 5.91 Å². The average Bonchev–Trinajstić information content (AvgIpc) is 2.08. The molecule has 0 aromatic heterocycles. The van der Waals surface area contributed by atoms with Crippen LogP contribution in [0.1, 0.15) is 19.3 Å². The summed E-state index contributed by atoms with van der Waals surface area (Å²) in [4.78, 5) is 10.5. The number of carbonyl (C=O) groups is 1. The van der Waals surface area contributed by atoms with Crippen LogP contribution in [0, 0.1) is 5.92 Å². The number of hydrogen-bond donors (Lipinski definition) is 2. The van der Waals surface area contributed by atoms with E-state index in [9.17, 15) is 13.6 Å². The zero-order valence-electron chi connectivity index (χ0n) is 7.76. The van der Waals surface area contributed by atoms with E-state index in [-0.39, 0.29) is 0 Å². The molecule has 4 nitrogen and oxygen atoms in total. The van der Waals surface area contributed by atoms with Gasteiger partial charge in [0.15, 0.2) is 0 Å². The van der Waals surface area contributed by atoms with Crippen molar-refractivity contribution in [2.75, 3.05) is 13.2 Å². The molecule has 0 radical (unpaired) electrons. The fraction of sp³-hybridized carbons (Fsp3) is 0.875. The molecule has 0 bridgehead atoms. The fourth-order valence-corrected chi connectivity index (χ4v) is 1.18. The Morgan fingerprint density at radius 1 is 1.57 bits per heavy atom. The molecule has 0 spiro atoms. The van der Waals surface area contributed by atoms with Gasteiger partial charge < -0.3 is 4.74 Å².